The molecule has 0 saturated carbocycles. The van der Waals surface area contributed by atoms with Crippen LogP contribution in [0.5, 0.6) is 0 Å². The van der Waals surface area contributed by atoms with Gasteiger partial charge in [-0.1, -0.05) is 0 Å². The molecule has 8 heteroatoms. The van der Waals surface area contributed by atoms with Crippen LogP contribution in [0.4, 0.5) is 18.0 Å². The fourth-order valence-electron chi connectivity index (χ4n) is 1.71. The summed E-state index contributed by atoms with van der Waals surface area (Å²) in [6.07, 6.45) is -6.46. The normalized spacial score (nSPS) is 20.7. The zero-order valence-corrected chi connectivity index (χ0v) is 11.6. The van der Waals surface area contributed by atoms with Gasteiger partial charge < -0.3 is 14.4 Å². The van der Waals surface area contributed by atoms with Crippen molar-refractivity contribution >= 4 is 11.9 Å². The van der Waals surface area contributed by atoms with Gasteiger partial charge in [0.25, 0.3) is 0 Å². The van der Waals surface area contributed by atoms with Crippen LogP contribution in [0.25, 0.3) is 0 Å². The van der Waals surface area contributed by atoms with Crippen molar-refractivity contribution in [3.8, 4) is 0 Å². The second kappa shape index (κ2) is 5.99. The summed E-state index contributed by atoms with van der Waals surface area (Å²) in [5, 5.41) is 0. The van der Waals surface area contributed by atoms with Crippen LogP contribution in [0, 0.1) is 0 Å². The number of carbonyl (C=O) groups excluding carboxylic acids is 2. The molecule has 1 unspecified atom stereocenters. The molecule has 116 valence electrons. The van der Waals surface area contributed by atoms with Gasteiger partial charge in [-0.2, -0.15) is 13.2 Å². The molecule has 0 radical (unpaired) electrons. The number of halogens is 3. The molecule has 0 spiro atoms. The topological polar surface area (TPSA) is 55.8 Å². The van der Waals surface area contributed by atoms with Crippen LogP contribution in [0.1, 0.15) is 27.2 Å². The highest BCUT2D eigenvalue weighted by atomic mass is 19.4. The lowest BCUT2D eigenvalue weighted by Gasteiger charge is -2.36. The molecule has 0 N–H and O–H groups in total. The molecule has 1 aliphatic rings. The van der Waals surface area contributed by atoms with Gasteiger partial charge in [0.05, 0.1) is 19.3 Å². The minimum atomic E-state index is -4.91. The molecule has 0 bridgehead atoms. The number of hydrogen-bond donors (Lipinski definition) is 0. The molecular formula is C12H18F3NO4. The summed E-state index contributed by atoms with van der Waals surface area (Å²) < 4.78 is 47.0. The SMILES string of the molecule is CC(C)(C)OC(=O)N1CCOCC1CC(=O)C(F)(F)F. The predicted molar refractivity (Wildman–Crippen MR) is 63.2 cm³/mol. The van der Waals surface area contributed by atoms with Crippen LogP contribution in [0.15, 0.2) is 0 Å². The standard InChI is InChI=1S/C12H18F3NO4/c1-11(2,3)20-10(18)16-4-5-19-7-8(16)6-9(17)12(13,14)15/h8H,4-7H2,1-3H3. The van der Waals surface area contributed by atoms with Crippen LogP contribution in [-0.4, -0.2) is 54.4 Å². The number of Topliss-reactive ketones (excluding diaryl/α,β-unsaturated/α-hetero) is 1. The van der Waals surface area contributed by atoms with Gasteiger partial charge in [0.2, 0.25) is 5.78 Å². The van der Waals surface area contributed by atoms with Gasteiger partial charge >= 0.3 is 12.3 Å². The molecule has 1 fully saturated rings. The lowest BCUT2D eigenvalue weighted by Crippen LogP contribution is -2.51. The third-order valence-corrected chi connectivity index (χ3v) is 2.59. The fraction of sp³-hybridized carbons (Fsp3) is 0.833. The lowest BCUT2D eigenvalue weighted by atomic mass is 10.1. The number of nitrogens with zero attached hydrogens (tertiary/aromatic N) is 1. The molecule has 1 aliphatic heterocycles. The van der Waals surface area contributed by atoms with Gasteiger partial charge in [-0.3, -0.25) is 4.79 Å². The molecular weight excluding hydrogens is 279 g/mol. The molecule has 1 atom stereocenters. The van der Waals surface area contributed by atoms with Crippen molar-refractivity contribution in [2.75, 3.05) is 19.8 Å². The third-order valence-electron chi connectivity index (χ3n) is 2.59. The first-order chi connectivity index (χ1) is 9.00. The number of hydrogen-bond acceptors (Lipinski definition) is 4. The van der Waals surface area contributed by atoms with E-state index in [1.54, 1.807) is 20.8 Å². The molecule has 0 aromatic rings. The first-order valence-corrected chi connectivity index (χ1v) is 6.18. The van der Waals surface area contributed by atoms with Gasteiger partial charge in [0, 0.05) is 13.0 Å². The summed E-state index contributed by atoms with van der Waals surface area (Å²) in [5.41, 5.74) is -0.756. The summed E-state index contributed by atoms with van der Waals surface area (Å²) in [6, 6.07) is -0.951. The Labute approximate surface area is 115 Å². The number of carbonyl (C=O) groups is 2. The number of alkyl halides is 3. The average Bonchev–Trinajstić information content (AvgIpc) is 2.25. The summed E-state index contributed by atoms with van der Waals surface area (Å²) in [5.74, 6) is -1.87. The number of ketones is 1. The minimum Gasteiger partial charge on any atom is -0.444 e. The highest BCUT2D eigenvalue weighted by Crippen LogP contribution is 2.23. The molecule has 0 aromatic carbocycles. The largest absolute Gasteiger partial charge is 0.450 e. The zero-order chi connectivity index (χ0) is 15.6. The van der Waals surface area contributed by atoms with Crippen molar-refractivity contribution in [1.82, 2.24) is 4.90 Å². The number of ether oxygens (including phenoxy) is 2. The fourth-order valence-corrected chi connectivity index (χ4v) is 1.71. The first kappa shape index (κ1) is 16.7. The van der Waals surface area contributed by atoms with Gasteiger partial charge in [-0.25, -0.2) is 4.79 Å². The summed E-state index contributed by atoms with van der Waals surface area (Å²) >= 11 is 0. The van der Waals surface area contributed by atoms with Crippen molar-refractivity contribution in [3.63, 3.8) is 0 Å². The van der Waals surface area contributed by atoms with Gasteiger partial charge in [0.1, 0.15) is 5.60 Å². The van der Waals surface area contributed by atoms with Crippen molar-refractivity contribution in [2.45, 2.75) is 45.0 Å². The van der Waals surface area contributed by atoms with E-state index in [1.165, 1.54) is 0 Å². The van der Waals surface area contributed by atoms with E-state index in [-0.39, 0.29) is 19.8 Å². The predicted octanol–water partition coefficient (Wildman–Crippen LogP) is 2.14. The highest BCUT2D eigenvalue weighted by Gasteiger charge is 2.42. The van der Waals surface area contributed by atoms with E-state index in [2.05, 4.69) is 0 Å². The number of morpholine rings is 1. The summed E-state index contributed by atoms with van der Waals surface area (Å²) in [4.78, 5) is 24.1. The van der Waals surface area contributed by atoms with Crippen LogP contribution in [-0.2, 0) is 14.3 Å². The van der Waals surface area contributed by atoms with Gasteiger partial charge in [0.15, 0.2) is 0 Å². The Morgan fingerprint density at radius 1 is 1.30 bits per heavy atom. The first-order valence-electron chi connectivity index (χ1n) is 6.18. The Kier molecular flexibility index (Phi) is 5.01. The minimum absolute atomic E-state index is 0.102. The Bertz CT molecular complexity index is 376. The Morgan fingerprint density at radius 2 is 1.90 bits per heavy atom. The lowest BCUT2D eigenvalue weighted by molar-refractivity contribution is -0.173. The quantitative estimate of drug-likeness (QED) is 0.783. The monoisotopic (exact) mass is 297 g/mol. The van der Waals surface area contributed by atoms with Crippen molar-refractivity contribution in [1.29, 1.82) is 0 Å². The van der Waals surface area contributed by atoms with E-state index in [4.69, 9.17) is 9.47 Å². The van der Waals surface area contributed by atoms with Gasteiger partial charge in [-0.15, -0.1) is 0 Å². The second-order valence-electron chi connectivity index (χ2n) is 5.53. The molecule has 20 heavy (non-hydrogen) atoms. The number of rotatable bonds is 2. The Hall–Kier alpha value is -1.31. The second-order valence-corrected chi connectivity index (χ2v) is 5.53. The number of amides is 1. The smallest absolute Gasteiger partial charge is 0.444 e. The molecule has 1 amide bonds. The molecule has 0 aliphatic carbocycles. The molecule has 1 rings (SSSR count). The van der Waals surface area contributed by atoms with E-state index in [0.29, 0.717) is 0 Å². The maximum atomic E-state index is 12.3. The average molecular weight is 297 g/mol. The van der Waals surface area contributed by atoms with Crippen LogP contribution in [0.3, 0.4) is 0 Å². The van der Waals surface area contributed by atoms with Crippen LogP contribution in [0.2, 0.25) is 0 Å². The van der Waals surface area contributed by atoms with E-state index in [0.717, 1.165) is 4.90 Å². The third kappa shape index (κ3) is 4.99. The molecule has 1 heterocycles. The van der Waals surface area contributed by atoms with Crippen LogP contribution < -0.4 is 0 Å². The molecule has 0 aromatic heterocycles. The molecule has 1 saturated heterocycles. The Balaban J connectivity index is 2.72. The highest BCUT2D eigenvalue weighted by molar-refractivity contribution is 5.85. The maximum Gasteiger partial charge on any atom is 0.450 e. The van der Waals surface area contributed by atoms with Gasteiger partial charge in [-0.05, 0) is 20.8 Å². The van der Waals surface area contributed by atoms with E-state index >= 15 is 0 Å². The van der Waals surface area contributed by atoms with Crippen molar-refractivity contribution in [3.05, 3.63) is 0 Å². The van der Waals surface area contributed by atoms with E-state index < -0.39 is 36.1 Å². The maximum absolute atomic E-state index is 12.3. The van der Waals surface area contributed by atoms with E-state index in [9.17, 15) is 22.8 Å². The Morgan fingerprint density at radius 3 is 2.40 bits per heavy atom. The van der Waals surface area contributed by atoms with Crippen LogP contribution >= 0.6 is 0 Å². The zero-order valence-electron chi connectivity index (χ0n) is 11.6. The van der Waals surface area contributed by atoms with E-state index in [1.807, 2.05) is 0 Å². The summed E-state index contributed by atoms with van der Waals surface area (Å²) in [6.45, 7) is 5.16. The summed E-state index contributed by atoms with van der Waals surface area (Å²) in [7, 11) is 0. The van der Waals surface area contributed by atoms with Crippen molar-refractivity contribution in [2.24, 2.45) is 0 Å². The van der Waals surface area contributed by atoms with Crippen molar-refractivity contribution < 1.29 is 32.2 Å². The molecule has 5 nitrogen and oxygen atoms in total.